The Labute approximate surface area is 157 Å². The number of unbranched alkanes of at least 4 members (excludes halogenated alkanes) is 2. The predicted molar refractivity (Wildman–Crippen MR) is 92.2 cm³/mol. The third-order valence-electron chi connectivity index (χ3n) is 3.23. The summed E-state index contributed by atoms with van der Waals surface area (Å²) >= 11 is 8.58. The number of hydrogen-bond acceptors (Lipinski definition) is 5. The number of carbonyl (C=O) groups excluding carboxylic acids is 1. The first kappa shape index (κ1) is 24.5. The molecular weight excluding hydrogens is 374 g/mol. The Morgan fingerprint density at radius 2 is 1.73 bits per heavy atom. The maximum Gasteiger partial charge on any atom is 2.00 e. The average molecular weight is 402 g/mol. The van der Waals surface area contributed by atoms with Crippen LogP contribution in [0.2, 0.25) is 0 Å². The van der Waals surface area contributed by atoms with Crippen LogP contribution in [0, 0.1) is 0 Å². The van der Waals surface area contributed by atoms with Crippen LogP contribution in [0.3, 0.4) is 0 Å². The molecule has 2 atom stereocenters. The first-order valence-corrected chi connectivity index (χ1v) is 8.67. The molecule has 0 fully saturated rings. The summed E-state index contributed by atoms with van der Waals surface area (Å²) in [6, 6.07) is -0.800. The summed E-state index contributed by atoms with van der Waals surface area (Å²) in [4.78, 5) is 22.8. The molecule has 1 amide bonds. The van der Waals surface area contributed by atoms with Crippen LogP contribution in [0.25, 0.3) is 0 Å². The molecule has 124 valence electrons. The molecular formula is C14H28N2O3S2Zn+2. The van der Waals surface area contributed by atoms with Crippen molar-refractivity contribution in [2.75, 3.05) is 12.3 Å². The number of nitrogens with one attached hydrogen (secondary N) is 1. The van der Waals surface area contributed by atoms with E-state index in [0.29, 0.717) is 31.1 Å². The smallest absolute Gasteiger partial charge is 0.480 e. The molecule has 0 aliphatic rings. The second-order valence-corrected chi connectivity index (χ2v) is 6.33. The fourth-order valence-corrected chi connectivity index (χ4v) is 2.80. The van der Waals surface area contributed by atoms with Crippen LogP contribution in [0.4, 0.5) is 0 Å². The van der Waals surface area contributed by atoms with Gasteiger partial charge in [-0.3, -0.25) is 4.79 Å². The van der Waals surface area contributed by atoms with E-state index in [1.165, 1.54) is 0 Å². The SMILES string of the molecule is NCCCC[C@H](NC(=O)CCCCC(S)CCS)C(=O)O.[Zn+2]. The van der Waals surface area contributed by atoms with E-state index in [4.69, 9.17) is 10.8 Å². The van der Waals surface area contributed by atoms with Crippen molar-refractivity contribution in [3.63, 3.8) is 0 Å². The average Bonchev–Trinajstić information content (AvgIpc) is 2.43. The summed E-state index contributed by atoms with van der Waals surface area (Å²) in [7, 11) is 0. The maximum atomic E-state index is 11.7. The van der Waals surface area contributed by atoms with Crippen LogP contribution >= 0.6 is 25.3 Å². The number of rotatable bonds is 13. The Morgan fingerprint density at radius 3 is 2.27 bits per heavy atom. The fraction of sp³-hybridized carbons (Fsp3) is 0.857. The molecule has 0 saturated heterocycles. The number of aliphatic carboxylic acids is 1. The molecule has 5 nitrogen and oxygen atoms in total. The van der Waals surface area contributed by atoms with Gasteiger partial charge in [-0.2, -0.15) is 25.3 Å². The van der Waals surface area contributed by atoms with Crippen molar-refractivity contribution in [3.8, 4) is 0 Å². The molecule has 0 aliphatic heterocycles. The molecule has 0 spiro atoms. The first-order valence-electron chi connectivity index (χ1n) is 7.52. The maximum absolute atomic E-state index is 11.7. The van der Waals surface area contributed by atoms with Crippen molar-refractivity contribution < 1.29 is 34.2 Å². The Morgan fingerprint density at radius 1 is 1.09 bits per heavy atom. The normalized spacial score (nSPS) is 13.0. The van der Waals surface area contributed by atoms with E-state index < -0.39 is 12.0 Å². The van der Waals surface area contributed by atoms with Crippen molar-refractivity contribution >= 4 is 37.1 Å². The standard InChI is InChI=1S/C14H28N2O3S2.Zn/c15-9-4-3-6-12(14(18)19)16-13(17)7-2-1-5-11(21)8-10-20;/h11-12,20-21H,1-10,15H2,(H,16,17)(H,18,19);/q;+2/t11?,12-;/m0./s1. The number of carboxylic acids is 1. The zero-order chi connectivity index (χ0) is 16.1. The Kier molecular flexibility index (Phi) is 17.9. The molecule has 22 heavy (non-hydrogen) atoms. The monoisotopic (exact) mass is 400 g/mol. The van der Waals surface area contributed by atoms with E-state index in [0.717, 1.165) is 37.9 Å². The number of nitrogens with two attached hydrogens (primary N) is 1. The number of thiol groups is 2. The molecule has 8 heteroatoms. The van der Waals surface area contributed by atoms with Gasteiger partial charge in [-0.05, 0) is 50.8 Å². The Bertz CT molecular complexity index is 310. The summed E-state index contributed by atoms with van der Waals surface area (Å²) in [5.74, 6) is -0.359. The molecule has 0 aliphatic carbocycles. The second kappa shape index (κ2) is 16.1. The first-order chi connectivity index (χ1) is 10.0. The van der Waals surface area contributed by atoms with Gasteiger partial charge in [0.05, 0.1) is 0 Å². The van der Waals surface area contributed by atoms with E-state index in [1.54, 1.807) is 0 Å². The van der Waals surface area contributed by atoms with E-state index >= 15 is 0 Å². The zero-order valence-electron chi connectivity index (χ0n) is 13.2. The molecule has 0 rings (SSSR count). The van der Waals surface area contributed by atoms with Crippen molar-refractivity contribution in [1.82, 2.24) is 5.32 Å². The quantitative estimate of drug-likeness (QED) is 0.185. The van der Waals surface area contributed by atoms with Gasteiger partial charge in [-0.25, -0.2) is 4.79 Å². The Hall–Kier alpha value is 0.223. The van der Waals surface area contributed by atoms with Gasteiger partial charge in [0.1, 0.15) is 6.04 Å². The fourth-order valence-electron chi connectivity index (χ4n) is 1.98. The molecule has 0 bridgehead atoms. The summed E-state index contributed by atoms with van der Waals surface area (Å²) in [6.07, 6.45) is 5.86. The van der Waals surface area contributed by atoms with E-state index in [2.05, 4.69) is 30.6 Å². The largest absolute Gasteiger partial charge is 2.00 e. The van der Waals surface area contributed by atoms with Crippen LogP contribution in [-0.4, -0.2) is 40.6 Å². The van der Waals surface area contributed by atoms with Crippen LogP contribution in [0.5, 0.6) is 0 Å². The molecule has 0 aromatic heterocycles. The van der Waals surface area contributed by atoms with E-state index in [1.807, 2.05) is 0 Å². The third-order valence-corrected chi connectivity index (χ3v) is 4.01. The van der Waals surface area contributed by atoms with Crippen LogP contribution in [-0.2, 0) is 29.1 Å². The Balaban J connectivity index is 0. The van der Waals surface area contributed by atoms with Gasteiger partial charge in [0.15, 0.2) is 0 Å². The molecule has 1 unspecified atom stereocenters. The zero-order valence-corrected chi connectivity index (χ0v) is 17.9. The summed E-state index contributed by atoms with van der Waals surface area (Å²) in [5, 5.41) is 12.0. The van der Waals surface area contributed by atoms with Gasteiger partial charge in [0.25, 0.3) is 0 Å². The number of carbonyl (C=O) groups is 2. The topological polar surface area (TPSA) is 92.4 Å². The number of hydrogen-bond donors (Lipinski definition) is 5. The molecule has 0 aromatic rings. The second-order valence-electron chi connectivity index (χ2n) is 5.15. The van der Waals surface area contributed by atoms with Gasteiger partial charge in [0, 0.05) is 11.7 Å². The van der Waals surface area contributed by atoms with E-state index in [9.17, 15) is 9.59 Å². The molecule has 0 heterocycles. The van der Waals surface area contributed by atoms with Crippen LogP contribution in [0.15, 0.2) is 0 Å². The predicted octanol–water partition coefficient (Wildman–Crippen LogP) is 1.86. The van der Waals surface area contributed by atoms with E-state index in [-0.39, 0.29) is 25.4 Å². The summed E-state index contributed by atoms with van der Waals surface area (Å²) < 4.78 is 0. The van der Waals surface area contributed by atoms with Crippen LogP contribution in [0.1, 0.15) is 51.4 Å². The minimum Gasteiger partial charge on any atom is -0.480 e. The van der Waals surface area contributed by atoms with Crippen molar-refractivity contribution in [1.29, 1.82) is 0 Å². The van der Waals surface area contributed by atoms with Gasteiger partial charge in [0.2, 0.25) is 5.91 Å². The van der Waals surface area contributed by atoms with Crippen molar-refractivity contribution in [3.05, 3.63) is 0 Å². The molecule has 0 saturated carbocycles. The number of amides is 1. The summed E-state index contributed by atoms with van der Waals surface area (Å²) in [5.41, 5.74) is 5.37. The van der Waals surface area contributed by atoms with Gasteiger partial charge in [-0.1, -0.05) is 6.42 Å². The van der Waals surface area contributed by atoms with Gasteiger partial charge >= 0.3 is 25.4 Å². The minimum absolute atomic E-state index is 0. The van der Waals surface area contributed by atoms with Gasteiger partial charge in [-0.15, -0.1) is 0 Å². The van der Waals surface area contributed by atoms with Crippen molar-refractivity contribution in [2.45, 2.75) is 62.7 Å². The van der Waals surface area contributed by atoms with Crippen LogP contribution < -0.4 is 11.1 Å². The van der Waals surface area contributed by atoms with Gasteiger partial charge < -0.3 is 16.2 Å². The van der Waals surface area contributed by atoms with Crippen molar-refractivity contribution in [2.24, 2.45) is 5.73 Å². The third kappa shape index (κ3) is 13.9. The molecule has 0 aromatic carbocycles. The summed E-state index contributed by atoms with van der Waals surface area (Å²) in [6.45, 7) is 0.539. The molecule has 4 N–H and O–H groups in total. The minimum atomic E-state index is -0.982. The number of carboxylic acid groups (broad SMARTS) is 1. The molecule has 0 radical (unpaired) electrons.